The van der Waals surface area contributed by atoms with Gasteiger partial charge in [-0.05, 0) is 31.9 Å². The Labute approximate surface area is 113 Å². The van der Waals surface area contributed by atoms with Gasteiger partial charge in [0.25, 0.3) is 0 Å². The highest BCUT2D eigenvalue weighted by Crippen LogP contribution is 2.32. The minimum atomic E-state index is 0.429. The predicted molar refractivity (Wildman–Crippen MR) is 72.4 cm³/mol. The van der Waals surface area contributed by atoms with E-state index in [1.165, 1.54) is 30.5 Å². The molecule has 100 valence electrons. The van der Waals surface area contributed by atoms with Gasteiger partial charge in [0.15, 0.2) is 0 Å². The van der Waals surface area contributed by atoms with E-state index in [4.69, 9.17) is 0 Å². The van der Waals surface area contributed by atoms with Crippen molar-refractivity contribution in [1.29, 1.82) is 0 Å². The van der Waals surface area contributed by atoms with Crippen LogP contribution in [0.2, 0.25) is 0 Å². The summed E-state index contributed by atoms with van der Waals surface area (Å²) in [5.74, 6) is 0. The maximum atomic E-state index is 4.38. The molecule has 0 bridgehead atoms. The Morgan fingerprint density at radius 3 is 3.00 bits per heavy atom. The number of nitrogens with one attached hydrogen (secondary N) is 1. The monoisotopic (exact) mass is 257 g/mol. The Bertz CT molecular complexity index is 522. The summed E-state index contributed by atoms with van der Waals surface area (Å²) >= 11 is 0. The van der Waals surface area contributed by atoms with Crippen molar-refractivity contribution in [2.24, 2.45) is 0 Å². The standard InChI is InChI=1S/C14H19N5/c1-11-8-17-18-14(11)13-4-2-3-7-19(13)10-12-9-15-5-6-16-12/h5-6,8-9,13H,2-4,7,10H2,1H3,(H,17,18)/t13-/m1/s1. The number of aryl methyl sites for hydroxylation is 1. The Morgan fingerprint density at radius 1 is 1.32 bits per heavy atom. The van der Waals surface area contributed by atoms with Gasteiger partial charge < -0.3 is 0 Å². The lowest BCUT2D eigenvalue weighted by Gasteiger charge is -2.35. The zero-order valence-electron chi connectivity index (χ0n) is 11.2. The topological polar surface area (TPSA) is 57.7 Å². The van der Waals surface area contributed by atoms with E-state index < -0.39 is 0 Å². The van der Waals surface area contributed by atoms with Crippen LogP contribution in [0.1, 0.15) is 42.3 Å². The molecule has 3 rings (SSSR count). The van der Waals surface area contributed by atoms with Crippen molar-refractivity contribution in [2.45, 2.75) is 38.8 Å². The quantitative estimate of drug-likeness (QED) is 0.916. The number of hydrogen-bond acceptors (Lipinski definition) is 4. The first kappa shape index (κ1) is 12.3. The van der Waals surface area contributed by atoms with Crippen molar-refractivity contribution in [3.05, 3.63) is 41.7 Å². The molecule has 1 fully saturated rings. The Balaban J connectivity index is 1.80. The van der Waals surface area contributed by atoms with Crippen LogP contribution in [0, 0.1) is 6.92 Å². The molecule has 0 unspecified atom stereocenters. The highest BCUT2D eigenvalue weighted by molar-refractivity contribution is 5.18. The Kier molecular flexibility index (Phi) is 3.55. The fraction of sp³-hybridized carbons (Fsp3) is 0.500. The third-order valence-electron chi connectivity index (χ3n) is 3.80. The molecule has 0 spiro atoms. The molecule has 0 radical (unpaired) electrons. The first-order valence-electron chi connectivity index (χ1n) is 6.83. The van der Waals surface area contributed by atoms with E-state index in [-0.39, 0.29) is 0 Å². The van der Waals surface area contributed by atoms with E-state index in [0.717, 1.165) is 18.8 Å². The SMILES string of the molecule is Cc1cn[nH]c1[C@H]1CCCCN1Cc1cnccn1. The summed E-state index contributed by atoms with van der Waals surface area (Å²) in [5.41, 5.74) is 3.53. The van der Waals surface area contributed by atoms with Gasteiger partial charge in [-0.3, -0.25) is 20.0 Å². The highest BCUT2D eigenvalue weighted by atomic mass is 15.2. The molecule has 19 heavy (non-hydrogen) atoms. The van der Waals surface area contributed by atoms with Gasteiger partial charge in [-0.2, -0.15) is 5.10 Å². The van der Waals surface area contributed by atoms with Gasteiger partial charge in [0.2, 0.25) is 0 Å². The summed E-state index contributed by atoms with van der Waals surface area (Å²) < 4.78 is 0. The summed E-state index contributed by atoms with van der Waals surface area (Å²) in [7, 11) is 0. The van der Waals surface area contributed by atoms with Crippen LogP contribution >= 0.6 is 0 Å². The average molecular weight is 257 g/mol. The summed E-state index contributed by atoms with van der Waals surface area (Å²) in [6.07, 6.45) is 11.0. The summed E-state index contributed by atoms with van der Waals surface area (Å²) in [6, 6.07) is 0.429. The molecule has 2 aromatic rings. The molecule has 0 amide bonds. The molecule has 0 saturated carbocycles. The molecule has 3 heterocycles. The second-order valence-electron chi connectivity index (χ2n) is 5.15. The van der Waals surface area contributed by atoms with E-state index in [1.54, 1.807) is 12.4 Å². The molecule has 1 atom stereocenters. The van der Waals surface area contributed by atoms with E-state index in [1.807, 2.05) is 12.4 Å². The second-order valence-corrected chi connectivity index (χ2v) is 5.15. The van der Waals surface area contributed by atoms with Crippen molar-refractivity contribution >= 4 is 0 Å². The lowest BCUT2D eigenvalue weighted by molar-refractivity contribution is 0.135. The molecule has 1 saturated heterocycles. The minimum Gasteiger partial charge on any atom is -0.289 e. The van der Waals surface area contributed by atoms with E-state index in [0.29, 0.717) is 6.04 Å². The molecule has 1 N–H and O–H groups in total. The molecule has 1 aliphatic heterocycles. The third-order valence-corrected chi connectivity index (χ3v) is 3.80. The van der Waals surface area contributed by atoms with Crippen molar-refractivity contribution in [2.75, 3.05) is 6.54 Å². The van der Waals surface area contributed by atoms with Gasteiger partial charge in [0.1, 0.15) is 0 Å². The molecule has 5 heteroatoms. The minimum absolute atomic E-state index is 0.429. The van der Waals surface area contributed by atoms with Gasteiger partial charge in [-0.15, -0.1) is 0 Å². The van der Waals surface area contributed by atoms with E-state index in [9.17, 15) is 0 Å². The second kappa shape index (κ2) is 5.48. The number of H-pyrrole nitrogens is 1. The van der Waals surface area contributed by atoms with E-state index in [2.05, 4.69) is 32.0 Å². The number of piperidine rings is 1. The molecule has 5 nitrogen and oxygen atoms in total. The van der Waals surface area contributed by atoms with Gasteiger partial charge >= 0.3 is 0 Å². The smallest absolute Gasteiger partial charge is 0.0727 e. The molecule has 0 aromatic carbocycles. The summed E-state index contributed by atoms with van der Waals surface area (Å²) in [6.45, 7) is 4.09. The Morgan fingerprint density at radius 2 is 2.26 bits per heavy atom. The van der Waals surface area contributed by atoms with Gasteiger partial charge in [-0.25, -0.2) is 0 Å². The maximum absolute atomic E-state index is 4.38. The number of hydrogen-bond donors (Lipinski definition) is 1. The zero-order chi connectivity index (χ0) is 13.1. The van der Waals surface area contributed by atoms with Crippen LogP contribution in [0.3, 0.4) is 0 Å². The van der Waals surface area contributed by atoms with Crippen LogP contribution < -0.4 is 0 Å². The zero-order valence-corrected chi connectivity index (χ0v) is 11.2. The highest BCUT2D eigenvalue weighted by Gasteiger charge is 2.26. The molecular formula is C14H19N5. The fourth-order valence-corrected chi connectivity index (χ4v) is 2.82. The van der Waals surface area contributed by atoms with Crippen LogP contribution in [0.4, 0.5) is 0 Å². The van der Waals surface area contributed by atoms with Gasteiger partial charge in [-0.1, -0.05) is 6.42 Å². The van der Waals surface area contributed by atoms with Crippen LogP contribution in [-0.4, -0.2) is 31.6 Å². The van der Waals surface area contributed by atoms with Gasteiger partial charge in [0, 0.05) is 25.1 Å². The number of rotatable bonds is 3. The summed E-state index contributed by atoms with van der Waals surface area (Å²) in [4.78, 5) is 11.0. The largest absolute Gasteiger partial charge is 0.289 e. The first-order valence-corrected chi connectivity index (χ1v) is 6.83. The first-order chi connectivity index (χ1) is 9.34. The van der Waals surface area contributed by atoms with Crippen molar-refractivity contribution in [1.82, 2.24) is 25.1 Å². The molecule has 0 aliphatic carbocycles. The van der Waals surface area contributed by atoms with E-state index >= 15 is 0 Å². The number of aromatic amines is 1. The lowest BCUT2D eigenvalue weighted by Crippen LogP contribution is -2.33. The van der Waals surface area contributed by atoms with Crippen molar-refractivity contribution in [3.8, 4) is 0 Å². The van der Waals surface area contributed by atoms with Crippen LogP contribution in [0.25, 0.3) is 0 Å². The normalized spacial score (nSPS) is 20.6. The molecule has 1 aliphatic rings. The summed E-state index contributed by atoms with van der Waals surface area (Å²) in [5, 5.41) is 7.32. The third kappa shape index (κ3) is 2.66. The van der Waals surface area contributed by atoms with Crippen LogP contribution in [0.15, 0.2) is 24.8 Å². The number of likely N-dealkylation sites (tertiary alicyclic amines) is 1. The average Bonchev–Trinajstić information content (AvgIpc) is 2.87. The van der Waals surface area contributed by atoms with Crippen LogP contribution in [-0.2, 0) is 6.54 Å². The van der Waals surface area contributed by atoms with Crippen LogP contribution in [0.5, 0.6) is 0 Å². The molecular weight excluding hydrogens is 238 g/mol. The molecule has 2 aromatic heterocycles. The lowest BCUT2D eigenvalue weighted by atomic mass is 9.97. The Hall–Kier alpha value is -1.75. The fourth-order valence-electron chi connectivity index (χ4n) is 2.82. The maximum Gasteiger partial charge on any atom is 0.0727 e. The van der Waals surface area contributed by atoms with Crippen molar-refractivity contribution in [3.63, 3.8) is 0 Å². The van der Waals surface area contributed by atoms with Crippen molar-refractivity contribution < 1.29 is 0 Å². The number of aromatic nitrogens is 4. The number of nitrogens with zero attached hydrogens (tertiary/aromatic N) is 4. The van der Waals surface area contributed by atoms with Gasteiger partial charge in [0.05, 0.1) is 23.6 Å². The predicted octanol–water partition coefficient (Wildman–Crippen LogP) is 2.24.